The highest BCUT2D eigenvalue weighted by Gasteiger charge is 2.17. The molecule has 6 heteroatoms. The van der Waals surface area contributed by atoms with Gasteiger partial charge in [-0.05, 0) is 31.5 Å². The van der Waals surface area contributed by atoms with Crippen LogP contribution in [-0.2, 0) is 0 Å². The number of phenols is 2. The first kappa shape index (κ1) is 15.3. The molecular weight excluding hydrogens is 246 g/mol. The maximum Gasteiger partial charge on any atom is 0.255 e. The van der Waals surface area contributed by atoms with Crippen LogP contribution in [0.2, 0.25) is 0 Å². The van der Waals surface area contributed by atoms with Crippen LogP contribution in [0.3, 0.4) is 0 Å². The summed E-state index contributed by atoms with van der Waals surface area (Å²) in [5.41, 5.74) is 11.0. The molecule has 6 nitrogen and oxygen atoms in total. The lowest BCUT2D eigenvalue weighted by Gasteiger charge is -2.17. The first-order valence-corrected chi connectivity index (χ1v) is 6.32. The maximum absolute atomic E-state index is 12.0. The van der Waals surface area contributed by atoms with Crippen LogP contribution in [0.5, 0.6) is 11.5 Å². The number of para-hydroxylation sites is 1. The number of benzene rings is 1. The molecule has 19 heavy (non-hydrogen) atoms. The monoisotopic (exact) mass is 267 g/mol. The van der Waals surface area contributed by atoms with E-state index in [1.807, 2.05) is 0 Å². The van der Waals surface area contributed by atoms with E-state index in [0.29, 0.717) is 13.1 Å². The third-order valence-electron chi connectivity index (χ3n) is 2.89. The van der Waals surface area contributed by atoms with Crippen LogP contribution in [0.1, 0.15) is 29.6 Å². The van der Waals surface area contributed by atoms with Crippen molar-refractivity contribution in [1.29, 1.82) is 0 Å². The van der Waals surface area contributed by atoms with Gasteiger partial charge in [0.25, 0.3) is 5.91 Å². The van der Waals surface area contributed by atoms with Gasteiger partial charge in [-0.2, -0.15) is 0 Å². The van der Waals surface area contributed by atoms with Gasteiger partial charge in [-0.15, -0.1) is 0 Å². The molecule has 1 atom stereocenters. The standard InChI is InChI=1S/C13H21N3O3/c14-7-2-1-4-9(8-15)16-13(19)10-5-3-6-11(17)12(10)18/h3,5-6,9,17-18H,1-2,4,7-8,14-15H2,(H,16,19). The largest absolute Gasteiger partial charge is 0.504 e. The SMILES string of the molecule is NCCCCC(CN)NC(=O)c1cccc(O)c1O. The molecule has 1 aromatic carbocycles. The van der Waals surface area contributed by atoms with Gasteiger partial charge in [0.15, 0.2) is 11.5 Å². The zero-order valence-corrected chi connectivity index (χ0v) is 10.8. The Hall–Kier alpha value is -1.79. The minimum atomic E-state index is -0.448. The molecule has 0 bridgehead atoms. The molecule has 0 aliphatic heterocycles. The van der Waals surface area contributed by atoms with Gasteiger partial charge in [-0.1, -0.05) is 12.5 Å². The second-order valence-electron chi connectivity index (χ2n) is 4.36. The average Bonchev–Trinajstić information content (AvgIpc) is 2.40. The fourth-order valence-electron chi connectivity index (χ4n) is 1.76. The van der Waals surface area contributed by atoms with Gasteiger partial charge >= 0.3 is 0 Å². The number of rotatable bonds is 7. The topological polar surface area (TPSA) is 122 Å². The number of carbonyl (C=O) groups excluding carboxylic acids is 1. The zero-order chi connectivity index (χ0) is 14.3. The van der Waals surface area contributed by atoms with Crippen LogP contribution in [0.25, 0.3) is 0 Å². The molecule has 106 valence electrons. The van der Waals surface area contributed by atoms with Gasteiger partial charge in [0, 0.05) is 12.6 Å². The Morgan fingerprint density at radius 1 is 1.26 bits per heavy atom. The molecule has 0 aliphatic rings. The van der Waals surface area contributed by atoms with Gasteiger partial charge in [0.1, 0.15) is 0 Å². The third-order valence-corrected chi connectivity index (χ3v) is 2.89. The summed E-state index contributed by atoms with van der Waals surface area (Å²) in [5, 5.41) is 21.7. The molecule has 1 rings (SSSR count). The van der Waals surface area contributed by atoms with Crippen LogP contribution in [-0.4, -0.2) is 35.3 Å². The minimum Gasteiger partial charge on any atom is -0.504 e. The van der Waals surface area contributed by atoms with Crippen molar-refractivity contribution in [3.63, 3.8) is 0 Å². The molecule has 7 N–H and O–H groups in total. The van der Waals surface area contributed by atoms with Crippen LogP contribution in [0, 0.1) is 0 Å². The number of hydrogen-bond acceptors (Lipinski definition) is 5. The summed E-state index contributed by atoms with van der Waals surface area (Å²) in [6.45, 7) is 0.925. The molecule has 0 fully saturated rings. The van der Waals surface area contributed by atoms with Crippen molar-refractivity contribution >= 4 is 5.91 Å². The third kappa shape index (κ3) is 4.42. The second-order valence-corrected chi connectivity index (χ2v) is 4.36. The second kappa shape index (κ2) is 7.60. The lowest BCUT2D eigenvalue weighted by atomic mass is 10.1. The van der Waals surface area contributed by atoms with Gasteiger partial charge < -0.3 is 27.0 Å². The Bertz CT molecular complexity index is 424. The fraction of sp³-hybridized carbons (Fsp3) is 0.462. The van der Waals surface area contributed by atoms with E-state index >= 15 is 0 Å². The lowest BCUT2D eigenvalue weighted by Crippen LogP contribution is -2.40. The summed E-state index contributed by atoms with van der Waals surface area (Å²) in [6, 6.07) is 4.09. The molecule has 0 aromatic heterocycles. The van der Waals surface area contributed by atoms with Crippen molar-refractivity contribution in [1.82, 2.24) is 5.32 Å². The van der Waals surface area contributed by atoms with Gasteiger partial charge in [-0.25, -0.2) is 0 Å². The highest BCUT2D eigenvalue weighted by atomic mass is 16.3. The van der Waals surface area contributed by atoms with E-state index in [9.17, 15) is 15.0 Å². The summed E-state index contributed by atoms with van der Waals surface area (Å²) in [4.78, 5) is 12.0. The zero-order valence-electron chi connectivity index (χ0n) is 10.8. The molecule has 1 amide bonds. The molecule has 1 aromatic rings. The van der Waals surface area contributed by atoms with Crippen LogP contribution in [0.15, 0.2) is 18.2 Å². The van der Waals surface area contributed by atoms with Crippen molar-refractivity contribution < 1.29 is 15.0 Å². The number of aromatic hydroxyl groups is 2. The van der Waals surface area contributed by atoms with E-state index in [0.717, 1.165) is 19.3 Å². The number of unbranched alkanes of at least 4 members (excludes halogenated alkanes) is 1. The Labute approximate surface area is 112 Å². The molecule has 1 unspecified atom stereocenters. The quantitative estimate of drug-likeness (QED) is 0.359. The van der Waals surface area contributed by atoms with E-state index in [1.54, 1.807) is 0 Å². The molecule has 0 aliphatic carbocycles. The highest BCUT2D eigenvalue weighted by Crippen LogP contribution is 2.28. The van der Waals surface area contributed by atoms with E-state index in [-0.39, 0.29) is 17.4 Å². The van der Waals surface area contributed by atoms with E-state index in [2.05, 4.69) is 5.32 Å². The number of nitrogens with two attached hydrogens (primary N) is 2. The number of hydrogen-bond donors (Lipinski definition) is 5. The first-order chi connectivity index (χ1) is 9.10. The van der Waals surface area contributed by atoms with Crippen molar-refractivity contribution in [3.05, 3.63) is 23.8 Å². The Morgan fingerprint density at radius 3 is 2.63 bits per heavy atom. The minimum absolute atomic E-state index is 0.0391. The van der Waals surface area contributed by atoms with Crippen molar-refractivity contribution in [2.45, 2.75) is 25.3 Å². The van der Waals surface area contributed by atoms with E-state index < -0.39 is 11.7 Å². The molecule has 0 spiro atoms. The number of amides is 1. The Kier molecular flexibility index (Phi) is 6.11. The van der Waals surface area contributed by atoms with Gasteiger partial charge in [-0.3, -0.25) is 4.79 Å². The number of nitrogens with one attached hydrogen (secondary N) is 1. The highest BCUT2D eigenvalue weighted by molar-refractivity contribution is 5.97. The van der Waals surface area contributed by atoms with Gasteiger partial charge in [0.2, 0.25) is 0 Å². The molecule has 0 heterocycles. The Balaban J connectivity index is 2.64. The predicted molar refractivity (Wildman–Crippen MR) is 73.0 cm³/mol. The summed E-state index contributed by atoms with van der Waals surface area (Å²) >= 11 is 0. The van der Waals surface area contributed by atoms with Gasteiger partial charge in [0.05, 0.1) is 5.56 Å². The smallest absolute Gasteiger partial charge is 0.255 e. The van der Waals surface area contributed by atoms with E-state index in [1.165, 1.54) is 18.2 Å². The maximum atomic E-state index is 12.0. The average molecular weight is 267 g/mol. The number of carbonyl (C=O) groups is 1. The van der Waals surface area contributed by atoms with Crippen LogP contribution >= 0.6 is 0 Å². The summed E-state index contributed by atoms with van der Waals surface area (Å²) in [5.74, 6) is -1.19. The predicted octanol–water partition coefficient (Wildman–Crippen LogP) is 0.284. The van der Waals surface area contributed by atoms with E-state index in [4.69, 9.17) is 11.5 Å². The number of phenolic OH excluding ortho intramolecular Hbond substituents is 2. The molecule has 0 saturated carbocycles. The van der Waals surface area contributed by atoms with Crippen molar-refractivity contribution in [2.75, 3.05) is 13.1 Å². The summed E-state index contributed by atoms with van der Waals surface area (Å²) in [7, 11) is 0. The fourth-order valence-corrected chi connectivity index (χ4v) is 1.76. The molecule has 0 radical (unpaired) electrons. The van der Waals surface area contributed by atoms with Crippen LogP contribution in [0.4, 0.5) is 0 Å². The summed E-state index contributed by atoms with van der Waals surface area (Å²) < 4.78 is 0. The molecule has 0 saturated heterocycles. The lowest BCUT2D eigenvalue weighted by molar-refractivity contribution is 0.0932. The Morgan fingerprint density at radius 2 is 2.00 bits per heavy atom. The van der Waals surface area contributed by atoms with Crippen molar-refractivity contribution in [3.8, 4) is 11.5 Å². The van der Waals surface area contributed by atoms with Crippen LogP contribution < -0.4 is 16.8 Å². The summed E-state index contributed by atoms with van der Waals surface area (Å²) in [6.07, 6.45) is 2.49. The first-order valence-electron chi connectivity index (χ1n) is 6.32. The van der Waals surface area contributed by atoms with Crippen molar-refractivity contribution in [2.24, 2.45) is 11.5 Å². The normalized spacial score (nSPS) is 12.1. The molecular formula is C13H21N3O3.